The molecule has 2 rings (SSSR count). The molecule has 0 heterocycles. The van der Waals surface area contributed by atoms with Crippen molar-refractivity contribution in [2.75, 3.05) is 5.32 Å². The lowest BCUT2D eigenvalue weighted by atomic mass is 10.2. The molecule has 126 valence electrons. The van der Waals surface area contributed by atoms with Crippen LogP contribution in [0.3, 0.4) is 0 Å². The smallest absolute Gasteiger partial charge is 0.323 e. The zero-order valence-corrected chi connectivity index (χ0v) is 13.7. The van der Waals surface area contributed by atoms with Gasteiger partial charge in [-0.3, -0.25) is 4.79 Å². The SMILES string of the molecule is O=C(/C=C/c1ccc(Cl)cc1)Nc1ccc(S(=O)(=O)C(F)F)cc1. The minimum atomic E-state index is -4.64. The molecule has 0 unspecified atom stereocenters. The second-order valence-corrected chi connectivity index (χ2v) is 7.06. The molecule has 2 aromatic rings. The number of halogens is 3. The predicted molar refractivity (Wildman–Crippen MR) is 88.7 cm³/mol. The van der Waals surface area contributed by atoms with Crippen molar-refractivity contribution in [3.8, 4) is 0 Å². The van der Waals surface area contributed by atoms with Gasteiger partial charge >= 0.3 is 5.76 Å². The Bertz CT molecular complexity index is 848. The van der Waals surface area contributed by atoms with Gasteiger partial charge in [0.05, 0.1) is 4.90 Å². The van der Waals surface area contributed by atoms with Gasteiger partial charge in [-0.25, -0.2) is 8.42 Å². The largest absolute Gasteiger partial charge is 0.341 e. The van der Waals surface area contributed by atoms with Gasteiger partial charge in [0.25, 0.3) is 0 Å². The molecule has 4 nitrogen and oxygen atoms in total. The molecule has 0 aliphatic heterocycles. The Morgan fingerprint density at radius 2 is 1.62 bits per heavy atom. The Kier molecular flexibility index (Phi) is 5.69. The molecule has 0 saturated heterocycles. The first-order valence-corrected chi connectivity index (χ1v) is 8.58. The summed E-state index contributed by atoms with van der Waals surface area (Å²) >= 11 is 5.75. The monoisotopic (exact) mass is 371 g/mol. The normalized spacial score (nSPS) is 11.8. The van der Waals surface area contributed by atoms with Crippen molar-refractivity contribution in [1.82, 2.24) is 0 Å². The summed E-state index contributed by atoms with van der Waals surface area (Å²) in [5, 5.41) is 3.08. The first-order chi connectivity index (χ1) is 11.3. The number of hydrogen-bond donors (Lipinski definition) is 1. The van der Waals surface area contributed by atoms with Crippen LogP contribution in [0.1, 0.15) is 5.56 Å². The maximum absolute atomic E-state index is 12.4. The summed E-state index contributed by atoms with van der Waals surface area (Å²) in [6.07, 6.45) is 2.86. The number of carbonyl (C=O) groups excluding carboxylic acids is 1. The third kappa shape index (κ3) is 4.62. The molecule has 0 spiro atoms. The summed E-state index contributed by atoms with van der Waals surface area (Å²) in [5.74, 6) is -3.94. The molecule has 1 amide bonds. The molecule has 1 N–H and O–H groups in total. The number of nitrogens with one attached hydrogen (secondary N) is 1. The molecule has 0 fully saturated rings. The summed E-state index contributed by atoms with van der Waals surface area (Å²) in [6, 6.07) is 11.3. The van der Waals surface area contributed by atoms with E-state index in [1.54, 1.807) is 30.3 Å². The summed E-state index contributed by atoms with van der Waals surface area (Å²) < 4.78 is 47.4. The predicted octanol–water partition coefficient (Wildman–Crippen LogP) is 3.99. The quantitative estimate of drug-likeness (QED) is 0.808. The molecular weight excluding hydrogens is 360 g/mol. The molecule has 0 saturated carbocycles. The van der Waals surface area contributed by atoms with Crippen LogP contribution in [0.15, 0.2) is 59.5 Å². The van der Waals surface area contributed by atoms with E-state index in [2.05, 4.69) is 5.32 Å². The average molecular weight is 372 g/mol. The molecule has 2 aromatic carbocycles. The van der Waals surface area contributed by atoms with Gasteiger partial charge in [0.1, 0.15) is 0 Å². The van der Waals surface area contributed by atoms with E-state index in [-0.39, 0.29) is 5.69 Å². The minimum absolute atomic E-state index is 0.286. The Morgan fingerprint density at radius 3 is 2.17 bits per heavy atom. The summed E-state index contributed by atoms with van der Waals surface area (Å²) in [5.41, 5.74) is 1.06. The number of alkyl halides is 2. The van der Waals surface area contributed by atoms with Crippen molar-refractivity contribution in [2.45, 2.75) is 10.7 Å². The van der Waals surface area contributed by atoms with Gasteiger partial charge in [-0.05, 0) is 48.0 Å². The van der Waals surface area contributed by atoms with Crippen LogP contribution in [-0.2, 0) is 14.6 Å². The van der Waals surface area contributed by atoms with Crippen LogP contribution in [0.25, 0.3) is 6.08 Å². The summed E-state index contributed by atoms with van der Waals surface area (Å²) in [4.78, 5) is 11.3. The Morgan fingerprint density at radius 1 is 1.04 bits per heavy atom. The van der Waals surface area contributed by atoms with Gasteiger partial charge in [0, 0.05) is 16.8 Å². The van der Waals surface area contributed by atoms with Crippen LogP contribution in [0.5, 0.6) is 0 Å². The van der Waals surface area contributed by atoms with Gasteiger partial charge in [0.15, 0.2) is 0 Å². The fourth-order valence-electron chi connectivity index (χ4n) is 1.76. The van der Waals surface area contributed by atoms with Gasteiger partial charge in [-0.15, -0.1) is 0 Å². The van der Waals surface area contributed by atoms with Crippen molar-refractivity contribution in [3.05, 3.63) is 65.2 Å². The molecule has 0 aromatic heterocycles. The van der Waals surface area contributed by atoms with Crippen LogP contribution < -0.4 is 5.32 Å². The lowest BCUT2D eigenvalue weighted by Gasteiger charge is -2.05. The summed E-state index contributed by atoms with van der Waals surface area (Å²) in [7, 11) is -4.64. The van der Waals surface area contributed by atoms with E-state index >= 15 is 0 Å². The van der Waals surface area contributed by atoms with Crippen molar-refractivity contribution in [3.63, 3.8) is 0 Å². The highest BCUT2D eigenvalue weighted by Crippen LogP contribution is 2.20. The van der Waals surface area contributed by atoms with Gasteiger partial charge in [0.2, 0.25) is 15.7 Å². The molecule has 0 bridgehead atoms. The Labute approximate surface area is 142 Å². The fourth-order valence-corrected chi connectivity index (χ4v) is 2.61. The third-order valence-corrected chi connectivity index (χ3v) is 4.63. The van der Waals surface area contributed by atoms with Crippen LogP contribution >= 0.6 is 11.6 Å². The number of anilines is 1. The highest BCUT2D eigenvalue weighted by atomic mass is 35.5. The van der Waals surface area contributed by atoms with Crippen molar-refractivity contribution < 1.29 is 22.0 Å². The zero-order chi connectivity index (χ0) is 17.7. The first kappa shape index (κ1) is 18.1. The fraction of sp³-hybridized carbons (Fsp3) is 0.0625. The van der Waals surface area contributed by atoms with Crippen LogP contribution in [-0.4, -0.2) is 20.1 Å². The highest BCUT2D eigenvalue weighted by molar-refractivity contribution is 7.91. The van der Waals surface area contributed by atoms with E-state index in [0.717, 1.165) is 17.7 Å². The third-order valence-electron chi connectivity index (χ3n) is 2.98. The van der Waals surface area contributed by atoms with Crippen molar-refractivity contribution in [1.29, 1.82) is 0 Å². The van der Waals surface area contributed by atoms with Crippen LogP contribution in [0, 0.1) is 0 Å². The van der Waals surface area contributed by atoms with E-state index in [4.69, 9.17) is 11.6 Å². The molecular formula is C16H12ClF2NO3S. The molecule has 0 aliphatic carbocycles. The molecule has 8 heteroatoms. The topological polar surface area (TPSA) is 63.2 Å². The average Bonchev–Trinajstić information content (AvgIpc) is 2.54. The summed E-state index contributed by atoms with van der Waals surface area (Å²) in [6.45, 7) is 0. The second kappa shape index (κ2) is 7.55. The van der Waals surface area contributed by atoms with E-state index in [9.17, 15) is 22.0 Å². The number of sulfone groups is 1. The Balaban J connectivity index is 2.03. The van der Waals surface area contributed by atoms with E-state index in [0.29, 0.717) is 5.02 Å². The minimum Gasteiger partial charge on any atom is -0.323 e. The van der Waals surface area contributed by atoms with Gasteiger partial charge < -0.3 is 5.32 Å². The van der Waals surface area contributed by atoms with Gasteiger partial charge in [-0.1, -0.05) is 23.7 Å². The lowest BCUT2D eigenvalue weighted by molar-refractivity contribution is -0.111. The maximum Gasteiger partial charge on any atom is 0.341 e. The van der Waals surface area contributed by atoms with Crippen molar-refractivity contribution in [2.24, 2.45) is 0 Å². The second-order valence-electron chi connectivity index (χ2n) is 4.70. The molecule has 0 aliphatic rings. The molecule has 0 atom stereocenters. The standard InChI is InChI=1S/C16H12ClF2NO3S/c17-12-4-1-11(2-5-12)3-10-15(21)20-13-6-8-14(9-7-13)24(22,23)16(18)19/h1-10,16H,(H,20,21)/b10-3+. The zero-order valence-electron chi connectivity index (χ0n) is 12.1. The Hall–Kier alpha value is -2.25. The maximum atomic E-state index is 12.4. The number of hydrogen-bond acceptors (Lipinski definition) is 3. The number of benzene rings is 2. The number of carbonyl (C=O) groups is 1. The van der Waals surface area contributed by atoms with E-state index < -0.39 is 26.4 Å². The first-order valence-electron chi connectivity index (χ1n) is 6.66. The number of amides is 1. The highest BCUT2D eigenvalue weighted by Gasteiger charge is 2.26. The van der Waals surface area contributed by atoms with Crippen LogP contribution in [0.2, 0.25) is 5.02 Å². The molecule has 24 heavy (non-hydrogen) atoms. The van der Waals surface area contributed by atoms with E-state index in [1.165, 1.54) is 18.2 Å². The number of rotatable bonds is 5. The lowest BCUT2D eigenvalue weighted by Crippen LogP contribution is -2.12. The van der Waals surface area contributed by atoms with Crippen LogP contribution in [0.4, 0.5) is 14.5 Å². The van der Waals surface area contributed by atoms with E-state index in [1.807, 2.05) is 0 Å². The van der Waals surface area contributed by atoms with Crippen molar-refractivity contribution >= 4 is 39.1 Å². The van der Waals surface area contributed by atoms with Gasteiger partial charge in [-0.2, -0.15) is 8.78 Å². The molecule has 0 radical (unpaired) electrons.